The number of alkyl halides is 5. The van der Waals surface area contributed by atoms with Gasteiger partial charge < -0.3 is 9.47 Å². The van der Waals surface area contributed by atoms with Crippen LogP contribution in [-0.2, 0) is 27.3 Å². The van der Waals surface area contributed by atoms with Gasteiger partial charge >= 0.3 is 18.1 Å². The van der Waals surface area contributed by atoms with Crippen LogP contribution in [-0.4, -0.2) is 31.3 Å². The van der Waals surface area contributed by atoms with E-state index in [1.165, 1.54) is 5.56 Å². The van der Waals surface area contributed by atoms with Gasteiger partial charge in [0.1, 0.15) is 6.61 Å². The van der Waals surface area contributed by atoms with Gasteiger partial charge in [0.05, 0.1) is 6.61 Å². The van der Waals surface area contributed by atoms with Crippen molar-refractivity contribution in [1.29, 1.82) is 0 Å². The van der Waals surface area contributed by atoms with E-state index in [0.29, 0.717) is 5.41 Å². The van der Waals surface area contributed by atoms with Crippen molar-refractivity contribution >= 4 is 16.7 Å². The highest BCUT2D eigenvalue weighted by Gasteiger charge is 2.58. The van der Waals surface area contributed by atoms with E-state index in [1.807, 2.05) is 24.3 Å². The summed E-state index contributed by atoms with van der Waals surface area (Å²) in [5, 5.41) is 2.04. The molecule has 172 valence electrons. The summed E-state index contributed by atoms with van der Waals surface area (Å²) >= 11 is 0. The number of ether oxygens (including phenoxy) is 2. The van der Waals surface area contributed by atoms with Crippen LogP contribution >= 0.6 is 0 Å². The van der Waals surface area contributed by atoms with E-state index >= 15 is 0 Å². The molecule has 31 heavy (non-hydrogen) atoms. The summed E-state index contributed by atoms with van der Waals surface area (Å²) in [5.41, 5.74) is 2.28. The second-order valence-corrected chi connectivity index (χ2v) is 8.39. The van der Waals surface area contributed by atoms with Crippen LogP contribution in [0.2, 0.25) is 0 Å². The average Bonchev–Trinajstić information content (AvgIpc) is 2.70. The quantitative estimate of drug-likeness (QED) is 0.310. The predicted octanol–water partition coefficient (Wildman–Crippen LogP) is 6.47. The zero-order valence-electron chi connectivity index (χ0n) is 17.8. The van der Waals surface area contributed by atoms with Gasteiger partial charge in [-0.3, -0.25) is 0 Å². The van der Waals surface area contributed by atoms with Gasteiger partial charge in [0.25, 0.3) is 0 Å². The first-order valence-electron chi connectivity index (χ1n) is 10.0. The lowest BCUT2D eigenvalue weighted by Crippen LogP contribution is -2.41. The third-order valence-electron chi connectivity index (χ3n) is 5.33. The van der Waals surface area contributed by atoms with E-state index < -0.39 is 31.3 Å². The standard InChI is InChI=1S/C23H27F5O3/c1-4-21(2,3)10-9-16-5-7-19-12-17(6-8-18(19)11-16)13-30-14-20(29)31-15-22(24,25)23(26,27)28/h5-8,11-12H,4,9-10,13-15H2,1-3H3. The molecule has 0 amide bonds. The Balaban J connectivity index is 1.86. The van der Waals surface area contributed by atoms with E-state index in [2.05, 4.69) is 37.6 Å². The maximum atomic E-state index is 12.7. The van der Waals surface area contributed by atoms with Crippen LogP contribution in [0.4, 0.5) is 22.0 Å². The van der Waals surface area contributed by atoms with Gasteiger partial charge in [0.2, 0.25) is 0 Å². The monoisotopic (exact) mass is 446 g/mol. The molecular formula is C23H27F5O3. The molecule has 2 aromatic carbocycles. The Hall–Kier alpha value is -2.22. The molecule has 8 heteroatoms. The number of fused-ring (bicyclic) bond motifs is 1. The zero-order valence-corrected chi connectivity index (χ0v) is 17.8. The predicted molar refractivity (Wildman–Crippen MR) is 108 cm³/mol. The molecule has 0 fully saturated rings. The number of halogens is 5. The third-order valence-corrected chi connectivity index (χ3v) is 5.33. The first kappa shape index (κ1) is 25.0. The number of aryl methyl sites for hydroxylation is 1. The van der Waals surface area contributed by atoms with Gasteiger partial charge in [0, 0.05) is 0 Å². The van der Waals surface area contributed by atoms with Crippen molar-refractivity contribution in [1.82, 2.24) is 0 Å². The van der Waals surface area contributed by atoms with Gasteiger partial charge in [-0.25, -0.2) is 4.79 Å². The molecule has 0 aliphatic heterocycles. The van der Waals surface area contributed by atoms with Gasteiger partial charge in [-0.1, -0.05) is 57.5 Å². The van der Waals surface area contributed by atoms with Crippen molar-refractivity contribution in [3.8, 4) is 0 Å². The van der Waals surface area contributed by atoms with Crippen LogP contribution in [0.1, 0.15) is 44.7 Å². The normalized spacial score (nSPS) is 12.9. The van der Waals surface area contributed by atoms with Gasteiger partial charge in [-0.05, 0) is 46.2 Å². The minimum atomic E-state index is -5.77. The SMILES string of the molecule is CCC(C)(C)CCc1ccc2cc(COCC(=O)OCC(F)(F)C(F)(F)F)ccc2c1. The number of esters is 1. The number of carbonyl (C=O) groups excluding carboxylic acids is 1. The summed E-state index contributed by atoms with van der Waals surface area (Å²) in [7, 11) is 0. The van der Waals surface area contributed by atoms with Crippen LogP contribution in [0.15, 0.2) is 36.4 Å². The molecule has 3 nitrogen and oxygen atoms in total. The number of hydrogen-bond donors (Lipinski definition) is 0. The molecule has 0 N–H and O–H groups in total. The summed E-state index contributed by atoms with van der Waals surface area (Å²) in [6.07, 6.45) is -2.59. The molecule has 2 aromatic rings. The van der Waals surface area contributed by atoms with Crippen molar-refractivity contribution in [2.45, 2.75) is 58.7 Å². The Morgan fingerprint density at radius 1 is 0.935 bits per heavy atom. The van der Waals surface area contributed by atoms with E-state index in [0.717, 1.165) is 35.6 Å². The van der Waals surface area contributed by atoms with Crippen LogP contribution in [0.3, 0.4) is 0 Å². The summed E-state index contributed by atoms with van der Waals surface area (Å²) < 4.78 is 70.7. The molecule has 0 aliphatic carbocycles. The minimum absolute atomic E-state index is 0.00680. The van der Waals surface area contributed by atoms with Crippen molar-refractivity contribution in [2.24, 2.45) is 5.41 Å². The highest BCUT2D eigenvalue weighted by atomic mass is 19.4. The maximum Gasteiger partial charge on any atom is 0.456 e. The van der Waals surface area contributed by atoms with Gasteiger partial charge in [-0.15, -0.1) is 0 Å². The third kappa shape index (κ3) is 7.45. The number of benzene rings is 2. The maximum absolute atomic E-state index is 12.7. The van der Waals surface area contributed by atoms with Crippen LogP contribution < -0.4 is 0 Å². The summed E-state index contributed by atoms with van der Waals surface area (Å²) in [6.45, 7) is 3.88. The fourth-order valence-corrected chi connectivity index (χ4v) is 2.80. The molecule has 0 saturated heterocycles. The Kier molecular flexibility index (Phi) is 8.03. The number of hydrogen-bond acceptors (Lipinski definition) is 3. The second kappa shape index (κ2) is 9.94. The Morgan fingerprint density at radius 2 is 1.52 bits per heavy atom. The highest BCUT2D eigenvalue weighted by molar-refractivity contribution is 5.83. The molecule has 0 heterocycles. The molecule has 0 atom stereocenters. The molecule has 0 aromatic heterocycles. The van der Waals surface area contributed by atoms with Crippen molar-refractivity contribution < 1.29 is 36.2 Å². The van der Waals surface area contributed by atoms with Gasteiger partial charge in [-0.2, -0.15) is 22.0 Å². The topological polar surface area (TPSA) is 35.5 Å². The number of carbonyl (C=O) groups is 1. The molecule has 0 bridgehead atoms. The molecule has 2 rings (SSSR count). The van der Waals surface area contributed by atoms with E-state index in [1.54, 1.807) is 0 Å². The summed E-state index contributed by atoms with van der Waals surface area (Å²) in [6, 6.07) is 11.8. The first-order valence-corrected chi connectivity index (χ1v) is 10.0. The van der Waals surface area contributed by atoms with Crippen LogP contribution in [0.25, 0.3) is 10.8 Å². The summed E-state index contributed by atoms with van der Waals surface area (Å²) in [5.74, 6) is -6.38. The van der Waals surface area contributed by atoms with E-state index in [4.69, 9.17) is 4.74 Å². The van der Waals surface area contributed by atoms with Crippen LogP contribution in [0.5, 0.6) is 0 Å². The lowest BCUT2D eigenvalue weighted by molar-refractivity contribution is -0.294. The molecular weight excluding hydrogens is 419 g/mol. The lowest BCUT2D eigenvalue weighted by atomic mass is 9.84. The van der Waals surface area contributed by atoms with E-state index in [-0.39, 0.29) is 6.61 Å². The Labute approximate surface area is 178 Å². The Morgan fingerprint density at radius 3 is 2.10 bits per heavy atom. The molecule has 0 unspecified atom stereocenters. The second-order valence-electron chi connectivity index (χ2n) is 8.39. The fourth-order valence-electron chi connectivity index (χ4n) is 2.80. The Bertz CT molecular complexity index is 890. The largest absolute Gasteiger partial charge is 0.457 e. The molecule has 0 spiro atoms. The smallest absolute Gasteiger partial charge is 0.456 e. The van der Waals surface area contributed by atoms with Crippen molar-refractivity contribution in [3.63, 3.8) is 0 Å². The van der Waals surface area contributed by atoms with Crippen molar-refractivity contribution in [2.75, 3.05) is 13.2 Å². The minimum Gasteiger partial charge on any atom is -0.457 e. The van der Waals surface area contributed by atoms with Gasteiger partial charge in [0.15, 0.2) is 6.61 Å². The summed E-state index contributed by atoms with van der Waals surface area (Å²) in [4.78, 5) is 11.4. The number of rotatable bonds is 10. The average molecular weight is 446 g/mol. The highest BCUT2D eigenvalue weighted by Crippen LogP contribution is 2.35. The fraction of sp³-hybridized carbons (Fsp3) is 0.522. The molecule has 0 aliphatic rings. The molecule has 0 radical (unpaired) electrons. The van der Waals surface area contributed by atoms with Crippen molar-refractivity contribution in [3.05, 3.63) is 47.5 Å². The zero-order chi connectivity index (χ0) is 23.3. The van der Waals surface area contributed by atoms with Crippen LogP contribution in [0, 0.1) is 5.41 Å². The van der Waals surface area contributed by atoms with E-state index in [9.17, 15) is 26.7 Å². The molecule has 0 saturated carbocycles. The first-order chi connectivity index (χ1) is 14.3. The lowest BCUT2D eigenvalue weighted by Gasteiger charge is -2.22.